The van der Waals surface area contributed by atoms with E-state index in [9.17, 15) is 9.59 Å². The van der Waals surface area contributed by atoms with Gasteiger partial charge in [-0.2, -0.15) is 5.10 Å². The number of hydrogen-bond acceptors (Lipinski definition) is 3. The molecule has 104 valence electrons. The van der Waals surface area contributed by atoms with Gasteiger partial charge in [0.2, 0.25) is 0 Å². The van der Waals surface area contributed by atoms with E-state index in [1.165, 1.54) is 0 Å². The molecular formula is C12H18N4O3. The molecule has 1 saturated carbocycles. The van der Waals surface area contributed by atoms with Crippen molar-refractivity contribution in [2.75, 3.05) is 11.9 Å². The van der Waals surface area contributed by atoms with Crippen LogP contribution in [-0.2, 0) is 11.8 Å². The Hall–Kier alpha value is -2.05. The van der Waals surface area contributed by atoms with Crippen LogP contribution in [0.15, 0.2) is 6.07 Å². The standard InChI is InChI=1S/C12H18N4O3/c1-8-7-10(14-15(8)2)13-12(19)16(9-3-4-9)6-5-11(17)18/h7,9H,3-6H2,1-2H3,(H,17,18)(H,13,14,19). The summed E-state index contributed by atoms with van der Waals surface area (Å²) in [5, 5.41) is 15.6. The highest BCUT2D eigenvalue weighted by Crippen LogP contribution is 2.27. The number of aromatic nitrogens is 2. The summed E-state index contributed by atoms with van der Waals surface area (Å²) in [6.07, 6.45) is 1.84. The highest BCUT2D eigenvalue weighted by Gasteiger charge is 2.32. The van der Waals surface area contributed by atoms with E-state index >= 15 is 0 Å². The Morgan fingerprint density at radius 3 is 2.74 bits per heavy atom. The SMILES string of the molecule is Cc1cc(NC(=O)N(CCC(=O)O)C2CC2)nn1C. The van der Waals surface area contributed by atoms with Gasteiger partial charge < -0.3 is 10.0 Å². The zero-order valence-electron chi connectivity index (χ0n) is 11.1. The minimum atomic E-state index is -0.896. The summed E-state index contributed by atoms with van der Waals surface area (Å²) in [6, 6.07) is 1.67. The summed E-state index contributed by atoms with van der Waals surface area (Å²) in [6.45, 7) is 2.13. The fourth-order valence-electron chi connectivity index (χ4n) is 1.86. The third-order valence-electron chi connectivity index (χ3n) is 3.16. The minimum Gasteiger partial charge on any atom is -0.481 e. The van der Waals surface area contributed by atoms with Crippen LogP contribution in [0.25, 0.3) is 0 Å². The van der Waals surface area contributed by atoms with E-state index in [0.717, 1.165) is 18.5 Å². The molecule has 0 aromatic carbocycles. The van der Waals surface area contributed by atoms with Crippen LogP contribution in [-0.4, -0.2) is 44.4 Å². The van der Waals surface area contributed by atoms with E-state index < -0.39 is 5.97 Å². The van der Waals surface area contributed by atoms with Crippen LogP contribution in [0.2, 0.25) is 0 Å². The number of hydrogen-bond donors (Lipinski definition) is 2. The lowest BCUT2D eigenvalue weighted by atomic mass is 10.4. The van der Waals surface area contributed by atoms with Crippen LogP contribution in [0.3, 0.4) is 0 Å². The van der Waals surface area contributed by atoms with Crippen LogP contribution in [0.1, 0.15) is 25.0 Å². The Bertz CT molecular complexity index is 474. The topological polar surface area (TPSA) is 87.5 Å². The Kier molecular flexibility index (Phi) is 3.73. The fourth-order valence-corrected chi connectivity index (χ4v) is 1.86. The Morgan fingerprint density at radius 2 is 2.26 bits per heavy atom. The average Bonchev–Trinajstić information content (AvgIpc) is 3.08. The zero-order chi connectivity index (χ0) is 14.0. The predicted molar refractivity (Wildman–Crippen MR) is 68.9 cm³/mol. The number of anilines is 1. The smallest absolute Gasteiger partial charge is 0.323 e. The Labute approximate surface area is 111 Å². The molecule has 0 radical (unpaired) electrons. The number of amides is 2. The molecular weight excluding hydrogens is 248 g/mol. The number of nitrogens with zero attached hydrogens (tertiary/aromatic N) is 3. The maximum Gasteiger partial charge on any atom is 0.323 e. The number of carboxylic acids is 1. The van der Waals surface area contributed by atoms with Crippen LogP contribution in [0, 0.1) is 6.92 Å². The van der Waals surface area contributed by atoms with Gasteiger partial charge in [0.05, 0.1) is 6.42 Å². The van der Waals surface area contributed by atoms with Gasteiger partial charge in [0.1, 0.15) is 0 Å². The molecule has 1 aromatic rings. The van der Waals surface area contributed by atoms with Gasteiger partial charge in [0, 0.05) is 31.4 Å². The molecule has 0 aliphatic heterocycles. The quantitative estimate of drug-likeness (QED) is 0.838. The molecule has 1 aromatic heterocycles. The van der Waals surface area contributed by atoms with Crippen LogP contribution < -0.4 is 5.32 Å². The van der Waals surface area contributed by atoms with E-state index in [2.05, 4.69) is 10.4 Å². The molecule has 7 heteroatoms. The summed E-state index contributed by atoms with van der Waals surface area (Å²) in [5.41, 5.74) is 0.943. The van der Waals surface area contributed by atoms with Crippen molar-refractivity contribution in [3.63, 3.8) is 0 Å². The first kappa shape index (κ1) is 13.4. The molecule has 1 aliphatic carbocycles. The largest absolute Gasteiger partial charge is 0.481 e. The number of aryl methyl sites for hydroxylation is 2. The summed E-state index contributed by atoms with van der Waals surface area (Å²) >= 11 is 0. The van der Waals surface area contributed by atoms with E-state index in [4.69, 9.17) is 5.11 Å². The molecule has 1 aliphatic rings. The number of nitrogens with one attached hydrogen (secondary N) is 1. The van der Waals surface area contributed by atoms with Gasteiger partial charge in [-0.3, -0.25) is 14.8 Å². The van der Waals surface area contributed by atoms with Gasteiger partial charge >= 0.3 is 12.0 Å². The molecule has 0 saturated heterocycles. The minimum absolute atomic E-state index is 0.0365. The van der Waals surface area contributed by atoms with E-state index in [0.29, 0.717) is 5.82 Å². The number of aliphatic carboxylic acids is 1. The molecule has 7 nitrogen and oxygen atoms in total. The number of carbonyl (C=O) groups excluding carboxylic acids is 1. The van der Waals surface area contributed by atoms with Gasteiger partial charge in [-0.25, -0.2) is 4.79 Å². The van der Waals surface area contributed by atoms with Gasteiger partial charge in [0.15, 0.2) is 5.82 Å². The first-order valence-electron chi connectivity index (χ1n) is 6.27. The van der Waals surface area contributed by atoms with Crippen LogP contribution in [0.4, 0.5) is 10.6 Å². The van der Waals surface area contributed by atoms with Gasteiger partial charge in [-0.05, 0) is 19.8 Å². The maximum absolute atomic E-state index is 12.1. The number of carbonyl (C=O) groups is 2. The van der Waals surface area contributed by atoms with Crippen molar-refractivity contribution in [2.24, 2.45) is 7.05 Å². The Balaban J connectivity index is 1.97. The van der Waals surface area contributed by atoms with Crippen LogP contribution >= 0.6 is 0 Å². The number of urea groups is 1. The Morgan fingerprint density at radius 1 is 1.58 bits per heavy atom. The normalized spacial score (nSPS) is 14.2. The van der Waals surface area contributed by atoms with Crippen molar-refractivity contribution in [1.29, 1.82) is 0 Å². The predicted octanol–water partition coefficient (Wildman–Crippen LogP) is 1.20. The van der Waals surface area contributed by atoms with E-state index in [-0.39, 0.29) is 25.0 Å². The number of rotatable bonds is 5. The lowest BCUT2D eigenvalue weighted by molar-refractivity contribution is -0.137. The van der Waals surface area contributed by atoms with E-state index in [1.807, 2.05) is 6.92 Å². The van der Waals surface area contributed by atoms with Crippen molar-refractivity contribution in [1.82, 2.24) is 14.7 Å². The molecule has 1 heterocycles. The third-order valence-corrected chi connectivity index (χ3v) is 3.16. The first-order valence-corrected chi connectivity index (χ1v) is 6.27. The van der Waals surface area contributed by atoms with Crippen LogP contribution in [0.5, 0.6) is 0 Å². The second-order valence-corrected chi connectivity index (χ2v) is 4.79. The second kappa shape index (κ2) is 5.29. The van der Waals surface area contributed by atoms with Crippen molar-refractivity contribution < 1.29 is 14.7 Å². The van der Waals surface area contributed by atoms with Crippen molar-refractivity contribution in [3.05, 3.63) is 11.8 Å². The molecule has 0 bridgehead atoms. The monoisotopic (exact) mass is 266 g/mol. The van der Waals surface area contributed by atoms with Crippen molar-refractivity contribution >= 4 is 17.8 Å². The lowest BCUT2D eigenvalue weighted by Gasteiger charge is -2.21. The van der Waals surface area contributed by atoms with Gasteiger partial charge in [0.25, 0.3) is 0 Å². The second-order valence-electron chi connectivity index (χ2n) is 4.79. The van der Waals surface area contributed by atoms with Crippen molar-refractivity contribution in [3.8, 4) is 0 Å². The first-order chi connectivity index (χ1) is 8.97. The molecule has 0 spiro atoms. The molecule has 0 unspecified atom stereocenters. The molecule has 0 atom stereocenters. The summed E-state index contributed by atoms with van der Waals surface area (Å²) < 4.78 is 1.67. The van der Waals surface area contributed by atoms with Gasteiger partial charge in [-0.1, -0.05) is 0 Å². The molecule has 19 heavy (non-hydrogen) atoms. The number of carboxylic acid groups (broad SMARTS) is 1. The molecule has 2 rings (SSSR count). The average molecular weight is 266 g/mol. The maximum atomic E-state index is 12.1. The summed E-state index contributed by atoms with van der Waals surface area (Å²) in [7, 11) is 1.80. The summed E-state index contributed by atoms with van der Waals surface area (Å²) in [5.74, 6) is -0.405. The fraction of sp³-hybridized carbons (Fsp3) is 0.583. The van der Waals surface area contributed by atoms with Crippen molar-refractivity contribution in [2.45, 2.75) is 32.2 Å². The van der Waals surface area contributed by atoms with Gasteiger partial charge in [-0.15, -0.1) is 0 Å². The molecule has 1 fully saturated rings. The van der Waals surface area contributed by atoms with E-state index in [1.54, 1.807) is 22.7 Å². The molecule has 2 amide bonds. The third kappa shape index (κ3) is 3.46. The molecule has 2 N–H and O–H groups in total. The lowest BCUT2D eigenvalue weighted by Crippen LogP contribution is -2.38. The zero-order valence-corrected chi connectivity index (χ0v) is 11.1. The highest BCUT2D eigenvalue weighted by atomic mass is 16.4. The summed E-state index contributed by atoms with van der Waals surface area (Å²) in [4.78, 5) is 24.3. The highest BCUT2D eigenvalue weighted by molar-refractivity contribution is 5.89.